The van der Waals surface area contributed by atoms with E-state index in [2.05, 4.69) is 14.2 Å². The highest BCUT2D eigenvalue weighted by Gasteiger charge is 2.23. The van der Waals surface area contributed by atoms with Crippen LogP contribution in [-0.4, -0.2) is 44.5 Å². The fourth-order valence-corrected chi connectivity index (χ4v) is 1.17. The first-order valence-corrected chi connectivity index (χ1v) is 6.04. The molecule has 0 aromatic carbocycles. The van der Waals surface area contributed by atoms with E-state index < -0.39 is 18.0 Å². The normalized spacial score (nSPS) is 10.0. The lowest BCUT2D eigenvalue weighted by molar-refractivity contribution is -0.155. The highest BCUT2D eigenvalue weighted by atomic mass is 16.6. The van der Waals surface area contributed by atoms with Crippen molar-refractivity contribution in [1.82, 2.24) is 0 Å². The van der Waals surface area contributed by atoms with E-state index in [-0.39, 0.29) is 39.3 Å². The van der Waals surface area contributed by atoms with E-state index in [1.165, 1.54) is 18.8 Å². The van der Waals surface area contributed by atoms with Crippen LogP contribution in [0, 0.1) is 34.6 Å². The lowest BCUT2D eigenvalue weighted by Crippen LogP contribution is -2.27. The van der Waals surface area contributed by atoms with Gasteiger partial charge in [-0.3, -0.25) is 4.79 Å². The van der Waals surface area contributed by atoms with Crippen LogP contribution in [0.4, 0.5) is 0 Å². The van der Waals surface area contributed by atoms with Crippen molar-refractivity contribution in [1.29, 1.82) is 15.8 Å². The number of esters is 2. The van der Waals surface area contributed by atoms with Crippen LogP contribution >= 0.6 is 0 Å². The molecule has 0 saturated heterocycles. The van der Waals surface area contributed by atoms with Crippen LogP contribution in [0.15, 0.2) is 0 Å². The molecule has 0 heterocycles. The van der Waals surface area contributed by atoms with Gasteiger partial charge in [-0.25, -0.2) is 4.79 Å². The minimum Gasteiger partial charge on any atom is -0.462 e. The Morgan fingerprint density at radius 2 is 1.45 bits per heavy atom. The first-order chi connectivity index (χ1) is 10.7. The van der Waals surface area contributed by atoms with Crippen LogP contribution in [0.3, 0.4) is 0 Å². The number of nitriles is 3. The van der Waals surface area contributed by atoms with E-state index >= 15 is 0 Å². The summed E-state index contributed by atoms with van der Waals surface area (Å²) in [7, 11) is 0. The minimum absolute atomic E-state index is 0.0682. The molecule has 1 atom stereocenters. The van der Waals surface area contributed by atoms with Crippen LogP contribution in [0.25, 0.3) is 0 Å². The van der Waals surface area contributed by atoms with E-state index in [4.69, 9.17) is 25.3 Å². The van der Waals surface area contributed by atoms with Crippen molar-refractivity contribution in [3.05, 3.63) is 0 Å². The first kappa shape index (κ1) is 18.8. The number of hydrogen-bond donors (Lipinski definition) is 0. The first-order valence-electron chi connectivity index (χ1n) is 6.04. The number of rotatable bonds is 11. The molecule has 10 heteroatoms. The van der Waals surface area contributed by atoms with E-state index in [1.54, 1.807) is 0 Å². The zero-order valence-corrected chi connectivity index (χ0v) is 11.5. The highest BCUT2D eigenvalue weighted by Crippen LogP contribution is 2.06. The van der Waals surface area contributed by atoms with E-state index in [0.29, 0.717) is 0 Å². The average molecular weight is 311 g/mol. The Bertz CT molecular complexity index is 475. The highest BCUT2D eigenvalue weighted by molar-refractivity contribution is 5.76. The molecule has 0 saturated carbocycles. The molecule has 1 unspecified atom stereocenters. The Balaban J connectivity index is 4.05. The van der Waals surface area contributed by atoms with Gasteiger partial charge in [-0.15, -0.1) is 0 Å². The van der Waals surface area contributed by atoms with Gasteiger partial charge in [0.2, 0.25) is 6.10 Å². The van der Waals surface area contributed by atoms with Gasteiger partial charge in [-0.05, 0) is 0 Å². The Morgan fingerprint density at radius 1 is 0.864 bits per heavy atom. The minimum atomic E-state index is -1.25. The smallest absolute Gasteiger partial charge is 0.348 e. The molecule has 0 bridgehead atoms. The predicted octanol–water partition coefficient (Wildman–Crippen LogP) is -0.285. The Morgan fingerprint density at radius 3 is 2.00 bits per heavy atom. The molecular formula is C12H13N3O7. The third-order valence-corrected chi connectivity index (χ3v) is 2.08. The molecule has 0 aliphatic carbocycles. The summed E-state index contributed by atoms with van der Waals surface area (Å²) < 4.78 is 22.5. The van der Waals surface area contributed by atoms with Crippen molar-refractivity contribution < 1.29 is 33.3 Å². The maximum Gasteiger partial charge on any atom is 0.348 e. The molecule has 0 spiro atoms. The van der Waals surface area contributed by atoms with Crippen molar-refractivity contribution in [3.8, 4) is 18.8 Å². The van der Waals surface area contributed by atoms with Crippen LogP contribution in [-0.2, 0) is 33.3 Å². The fraction of sp³-hybridized carbons (Fsp3) is 0.583. The van der Waals surface area contributed by atoms with Gasteiger partial charge in [-0.2, -0.15) is 15.8 Å². The number of ether oxygens (including phenoxy) is 5. The average Bonchev–Trinajstić information content (AvgIpc) is 2.52. The Hall–Kier alpha value is -3.19. The maximum absolute atomic E-state index is 11.6. The number of hydrogen-bond acceptors (Lipinski definition) is 10. The third kappa shape index (κ3) is 9.70. The standard InChI is InChI=1S/C12H13N3O7/c13-7-18-3-5-20-11(16)2-1-10(22-9-15)12(17)21-6-4-19-8-14/h10H,1-6H2. The molecule has 0 amide bonds. The Kier molecular flexibility index (Phi) is 11.0. The van der Waals surface area contributed by atoms with Crippen molar-refractivity contribution in [2.75, 3.05) is 26.4 Å². The van der Waals surface area contributed by atoms with Crippen LogP contribution in [0.5, 0.6) is 0 Å². The molecule has 0 aliphatic heterocycles. The zero-order chi connectivity index (χ0) is 16.6. The summed E-state index contributed by atoms with van der Waals surface area (Å²) in [4.78, 5) is 22.9. The van der Waals surface area contributed by atoms with Gasteiger partial charge in [0.05, 0.1) is 0 Å². The third-order valence-electron chi connectivity index (χ3n) is 2.08. The molecule has 0 aromatic heterocycles. The second-order valence-electron chi connectivity index (χ2n) is 3.50. The molecule has 0 rings (SSSR count). The van der Waals surface area contributed by atoms with Gasteiger partial charge in [0.15, 0.2) is 0 Å². The molecule has 0 N–H and O–H groups in total. The quantitative estimate of drug-likeness (QED) is 0.282. The number of carbonyl (C=O) groups excluding carboxylic acids is 2. The lowest BCUT2D eigenvalue weighted by Gasteiger charge is -2.12. The zero-order valence-electron chi connectivity index (χ0n) is 11.5. The molecule has 0 aromatic rings. The van der Waals surface area contributed by atoms with Gasteiger partial charge in [-0.1, -0.05) is 0 Å². The Labute approximate surface area is 126 Å². The van der Waals surface area contributed by atoms with Gasteiger partial charge in [0.25, 0.3) is 18.8 Å². The summed E-state index contributed by atoms with van der Waals surface area (Å²) in [6.45, 7) is -0.483. The predicted molar refractivity (Wildman–Crippen MR) is 64.8 cm³/mol. The second kappa shape index (κ2) is 12.8. The number of nitrogens with zero attached hydrogens (tertiary/aromatic N) is 3. The maximum atomic E-state index is 11.6. The largest absolute Gasteiger partial charge is 0.462 e. The second-order valence-corrected chi connectivity index (χ2v) is 3.50. The molecule has 0 radical (unpaired) electrons. The summed E-state index contributed by atoms with van der Waals surface area (Å²) in [6.07, 6.45) is 2.58. The molecule has 10 nitrogen and oxygen atoms in total. The monoisotopic (exact) mass is 311 g/mol. The number of carbonyl (C=O) groups is 2. The van der Waals surface area contributed by atoms with Crippen LogP contribution in [0.2, 0.25) is 0 Å². The molecule has 0 fully saturated rings. The summed E-state index contributed by atoms with van der Waals surface area (Å²) in [6, 6.07) is 0. The van der Waals surface area contributed by atoms with Gasteiger partial charge >= 0.3 is 11.9 Å². The summed E-state index contributed by atoms with van der Waals surface area (Å²) in [5.74, 6) is -1.50. The molecular weight excluding hydrogens is 298 g/mol. The van der Waals surface area contributed by atoms with Crippen molar-refractivity contribution in [2.45, 2.75) is 18.9 Å². The van der Waals surface area contributed by atoms with Gasteiger partial charge < -0.3 is 23.7 Å². The van der Waals surface area contributed by atoms with Crippen molar-refractivity contribution >= 4 is 11.9 Å². The van der Waals surface area contributed by atoms with Gasteiger partial charge in [0, 0.05) is 12.8 Å². The lowest BCUT2D eigenvalue weighted by atomic mass is 10.2. The topological polar surface area (TPSA) is 152 Å². The van der Waals surface area contributed by atoms with E-state index in [9.17, 15) is 9.59 Å². The SMILES string of the molecule is N#COCCOC(=O)CCC(OC#N)C(=O)OCCOC#N. The van der Waals surface area contributed by atoms with E-state index in [0.717, 1.165) is 0 Å². The van der Waals surface area contributed by atoms with E-state index in [1.807, 2.05) is 0 Å². The molecule has 22 heavy (non-hydrogen) atoms. The summed E-state index contributed by atoms with van der Waals surface area (Å²) >= 11 is 0. The molecule has 0 aliphatic rings. The summed E-state index contributed by atoms with van der Waals surface area (Å²) in [5.41, 5.74) is 0. The van der Waals surface area contributed by atoms with Crippen LogP contribution in [0.1, 0.15) is 12.8 Å². The van der Waals surface area contributed by atoms with Crippen LogP contribution < -0.4 is 0 Å². The van der Waals surface area contributed by atoms with Crippen molar-refractivity contribution in [2.24, 2.45) is 0 Å². The van der Waals surface area contributed by atoms with Gasteiger partial charge in [0.1, 0.15) is 26.4 Å². The summed E-state index contributed by atoms with van der Waals surface area (Å²) in [5, 5.41) is 24.7. The van der Waals surface area contributed by atoms with Crippen molar-refractivity contribution in [3.63, 3.8) is 0 Å². The molecule has 118 valence electrons. The fourth-order valence-electron chi connectivity index (χ4n) is 1.17.